The van der Waals surface area contributed by atoms with E-state index in [2.05, 4.69) is 10.1 Å². The zero-order chi connectivity index (χ0) is 19.1. The summed E-state index contributed by atoms with van der Waals surface area (Å²) >= 11 is 1.26. The molecule has 0 aliphatic carbocycles. The van der Waals surface area contributed by atoms with Gasteiger partial charge in [0.25, 0.3) is 5.69 Å². The van der Waals surface area contributed by atoms with Gasteiger partial charge in [-0.2, -0.15) is 8.78 Å². The molecule has 0 aliphatic heterocycles. The van der Waals surface area contributed by atoms with Crippen LogP contribution < -0.4 is 10.1 Å². The Kier molecular flexibility index (Phi) is 6.90. The fourth-order valence-electron chi connectivity index (χ4n) is 2.12. The van der Waals surface area contributed by atoms with Gasteiger partial charge >= 0.3 is 6.61 Å². The molecule has 0 saturated carbocycles. The lowest BCUT2D eigenvalue weighted by Gasteiger charge is -2.15. The van der Waals surface area contributed by atoms with Crippen LogP contribution in [0.1, 0.15) is 18.5 Å². The van der Waals surface area contributed by atoms with Crippen LogP contribution in [0.2, 0.25) is 0 Å². The van der Waals surface area contributed by atoms with Crippen molar-refractivity contribution in [2.75, 3.05) is 5.75 Å². The summed E-state index contributed by atoms with van der Waals surface area (Å²) in [6.45, 7) is -1.10. The highest BCUT2D eigenvalue weighted by atomic mass is 32.2. The molecule has 0 aromatic heterocycles. The minimum Gasteiger partial charge on any atom is -0.435 e. The SMILES string of the molecule is CC(NC(=O)CSc1ccc([N+](=O)[O-])cc1)c1ccc(OC(F)F)cc1. The Hall–Kier alpha value is -2.68. The Morgan fingerprint density at radius 3 is 2.35 bits per heavy atom. The van der Waals surface area contributed by atoms with E-state index >= 15 is 0 Å². The van der Waals surface area contributed by atoms with E-state index in [9.17, 15) is 23.7 Å². The minimum atomic E-state index is -2.88. The number of amides is 1. The van der Waals surface area contributed by atoms with E-state index in [0.29, 0.717) is 0 Å². The Bertz CT molecular complexity index is 754. The fourth-order valence-corrected chi connectivity index (χ4v) is 2.83. The molecule has 26 heavy (non-hydrogen) atoms. The van der Waals surface area contributed by atoms with Crippen molar-refractivity contribution >= 4 is 23.4 Å². The van der Waals surface area contributed by atoms with Crippen LogP contribution in [0.15, 0.2) is 53.4 Å². The maximum atomic E-state index is 12.1. The first kappa shape index (κ1) is 19.6. The molecule has 0 saturated heterocycles. The highest BCUT2D eigenvalue weighted by molar-refractivity contribution is 8.00. The summed E-state index contributed by atoms with van der Waals surface area (Å²) in [4.78, 5) is 22.9. The second kappa shape index (κ2) is 9.14. The van der Waals surface area contributed by atoms with Crippen LogP contribution in [-0.4, -0.2) is 23.2 Å². The predicted octanol–water partition coefficient (Wildman–Crippen LogP) is 4.17. The molecule has 138 valence electrons. The smallest absolute Gasteiger partial charge is 0.387 e. The molecule has 9 heteroatoms. The monoisotopic (exact) mass is 382 g/mol. The van der Waals surface area contributed by atoms with Crippen molar-refractivity contribution in [1.82, 2.24) is 5.32 Å². The molecule has 0 fully saturated rings. The number of nitro benzene ring substituents is 1. The minimum absolute atomic E-state index is 0.00769. The molecule has 0 radical (unpaired) electrons. The van der Waals surface area contributed by atoms with Gasteiger partial charge in [0, 0.05) is 17.0 Å². The Labute approximate surface area is 152 Å². The normalized spacial score (nSPS) is 11.8. The number of carbonyl (C=O) groups excluding carboxylic acids is 1. The molecule has 2 aromatic carbocycles. The third kappa shape index (κ3) is 5.99. The topological polar surface area (TPSA) is 81.5 Å². The molecule has 0 bridgehead atoms. The molecule has 2 aromatic rings. The number of alkyl halides is 2. The highest BCUT2D eigenvalue weighted by Crippen LogP contribution is 2.22. The predicted molar refractivity (Wildman–Crippen MR) is 93.5 cm³/mol. The molecule has 0 spiro atoms. The lowest BCUT2D eigenvalue weighted by atomic mass is 10.1. The largest absolute Gasteiger partial charge is 0.435 e. The van der Waals surface area contributed by atoms with Crippen molar-refractivity contribution in [3.63, 3.8) is 0 Å². The molecular weight excluding hydrogens is 366 g/mol. The lowest BCUT2D eigenvalue weighted by molar-refractivity contribution is -0.384. The number of nitrogens with zero attached hydrogens (tertiary/aromatic N) is 1. The van der Waals surface area contributed by atoms with Gasteiger partial charge in [-0.1, -0.05) is 12.1 Å². The van der Waals surface area contributed by atoms with Gasteiger partial charge in [0.15, 0.2) is 0 Å². The zero-order valence-electron chi connectivity index (χ0n) is 13.7. The summed E-state index contributed by atoms with van der Waals surface area (Å²) in [6, 6.07) is 11.7. The van der Waals surface area contributed by atoms with Gasteiger partial charge in [0.05, 0.1) is 16.7 Å². The first-order valence-electron chi connectivity index (χ1n) is 7.56. The second-order valence-corrected chi connectivity index (χ2v) is 6.33. The summed E-state index contributed by atoms with van der Waals surface area (Å²) in [5, 5.41) is 13.4. The van der Waals surface area contributed by atoms with Gasteiger partial charge in [-0.25, -0.2) is 0 Å². The molecule has 6 nitrogen and oxygen atoms in total. The van der Waals surface area contributed by atoms with E-state index in [1.165, 1.54) is 36.0 Å². The van der Waals surface area contributed by atoms with Crippen LogP contribution in [0.5, 0.6) is 5.75 Å². The Morgan fingerprint density at radius 1 is 1.19 bits per heavy atom. The fraction of sp³-hybridized carbons (Fsp3) is 0.235. The number of benzene rings is 2. The summed E-state index contributed by atoms with van der Waals surface area (Å²) in [7, 11) is 0. The first-order valence-corrected chi connectivity index (χ1v) is 8.55. The second-order valence-electron chi connectivity index (χ2n) is 5.28. The van der Waals surface area contributed by atoms with Crippen LogP contribution in [0.4, 0.5) is 14.5 Å². The third-order valence-electron chi connectivity index (χ3n) is 3.40. The van der Waals surface area contributed by atoms with Gasteiger partial charge in [-0.05, 0) is 36.8 Å². The molecule has 0 heterocycles. The maximum Gasteiger partial charge on any atom is 0.387 e. The lowest BCUT2D eigenvalue weighted by Crippen LogP contribution is -2.28. The number of thioether (sulfide) groups is 1. The van der Waals surface area contributed by atoms with Crippen LogP contribution in [-0.2, 0) is 4.79 Å². The number of halogens is 2. The van der Waals surface area contributed by atoms with Crippen molar-refractivity contribution in [3.8, 4) is 5.75 Å². The number of hydrogen-bond acceptors (Lipinski definition) is 5. The van der Waals surface area contributed by atoms with Gasteiger partial charge in [-0.3, -0.25) is 14.9 Å². The zero-order valence-corrected chi connectivity index (χ0v) is 14.5. The number of hydrogen-bond donors (Lipinski definition) is 1. The number of non-ortho nitro benzene ring substituents is 1. The highest BCUT2D eigenvalue weighted by Gasteiger charge is 2.12. The van der Waals surface area contributed by atoms with E-state index in [0.717, 1.165) is 10.5 Å². The number of nitro groups is 1. The third-order valence-corrected chi connectivity index (χ3v) is 4.41. The summed E-state index contributed by atoms with van der Waals surface area (Å²) in [5.74, 6) is -0.0147. The number of carbonyl (C=O) groups is 1. The Morgan fingerprint density at radius 2 is 1.81 bits per heavy atom. The van der Waals surface area contributed by atoms with Crippen molar-refractivity contribution in [2.45, 2.75) is 24.5 Å². The molecule has 1 unspecified atom stereocenters. The quantitative estimate of drug-likeness (QED) is 0.421. The number of nitrogens with one attached hydrogen (secondary N) is 1. The molecule has 1 atom stereocenters. The summed E-state index contributed by atoms with van der Waals surface area (Å²) in [5.41, 5.74) is 0.743. The van der Waals surface area contributed by atoms with Crippen molar-refractivity contribution < 1.29 is 23.2 Å². The van der Waals surface area contributed by atoms with Gasteiger partial charge in [-0.15, -0.1) is 11.8 Å². The van der Waals surface area contributed by atoms with Crippen LogP contribution >= 0.6 is 11.8 Å². The van der Waals surface area contributed by atoms with Gasteiger partial charge < -0.3 is 10.1 Å². The molecular formula is C17H16F2N2O4S. The van der Waals surface area contributed by atoms with Crippen LogP contribution in [0, 0.1) is 10.1 Å². The molecule has 1 amide bonds. The van der Waals surface area contributed by atoms with Crippen LogP contribution in [0.3, 0.4) is 0 Å². The van der Waals surface area contributed by atoms with E-state index in [4.69, 9.17) is 0 Å². The average molecular weight is 382 g/mol. The van der Waals surface area contributed by atoms with Gasteiger partial charge in [0.2, 0.25) is 5.91 Å². The number of rotatable bonds is 8. The van der Waals surface area contributed by atoms with E-state index < -0.39 is 11.5 Å². The van der Waals surface area contributed by atoms with Gasteiger partial charge in [0.1, 0.15) is 5.75 Å². The number of ether oxygens (including phenoxy) is 1. The summed E-state index contributed by atoms with van der Waals surface area (Å²) in [6.07, 6.45) is 0. The summed E-state index contributed by atoms with van der Waals surface area (Å²) < 4.78 is 28.5. The molecule has 2 rings (SSSR count). The first-order chi connectivity index (χ1) is 12.3. The molecule has 1 N–H and O–H groups in total. The van der Waals surface area contributed by atoms with E-state index in [1.807, 2.05) is 0 Å². The van der Waals surface area contributed by atoms with Crippen molar-refractivity contribution in [3.05, 3.63) is 64.2 Å². The maximum absolute atomic E-state index is 12.1. The van der Waals surface area contributed by atoms with E-state index in [1.54, 1.807) is 31.2 Å². The molecule has 0 aliphatic rings. The van der Waals surface area contributed by atoms with Crippen molar-refractivity contribution in [1.29, 1.82) is 0 Å². The Balaban J connectivity index is 1.83. The van der Waals surface area contributed by atoms with E-state index in [-0.39, 0.29) is 29.1 Å². The van der Waals surface area contributed by atoms with Crippen molar-refractivity contribution in [2.24, 2.45) is 0 Å². The van der Waals surface area contributed by atoms with Crippen LogP contribution in [0.25, 0.3) is 0 Å². The average Bonchev–Trinajstić information content (AvgIpc) is 2.60. The standard InChI is InChI=1S/C17H16F2N2O4S/c1-11(12-2-6-14(7-3-12)25-17(18)19)20-16(22)10-26-15-8-4-13(5-9-15)21(23)24/h2-9,11,17H,10H2,1H3,(H,20,22).